The van der Waals surface area contributed by atoms with Gasteiger partial charge in [0.25, 0.3) is 0 Å². The summed E-state index contributed by atoms with van der Waals surface area (Å²) >= 11 is 6.02. The molecule has 1 unspecified atom stereocenters. The van der Waals surface area contributed by atoms with E-state index in [4.69, 9.17) is 11.6 Å². The van der Waals surface area contributed by atoms with Gasteiger partial charge in [0, 0.05) is 11.2 Å². The van der Waals surface area contributed by atoms with Crippen LogP contribution in [0.5, 0.6) is 0 Å². The van der Waals surface area contributed by atoms with Crippen LogP contribution < -0.4 is 5.32 Å². The van der Waals surface area contributed by atoms with E-state index in [1.54, 1.807) is 30.8 Å². The van der Waals surface area contributed by atoms with Gasteiger partial charge >= 0.3 is 5.82 Å². The van der Waals surface area contributed by atoms with Crippen molar-refractivity contribution in [3.05, 3.63) is 68.9 Å². The van der Waals surface area contributed by atoms with Crippen LogP contribution in [0.3, 0.4) is 0 Å². The van der Waals surface area contributed by atoms with E-state index in [-0.39, 0.29) is 18.3 Å². The molecule has 3 rings (SSSR count). The summed E-state index contributed by atoms with van der Waals surface area (Å²) in [4.78, 5) is 22.7. The summed E-state index contributed by atoms with van der Waals surface area (Å²) in [6, 6.07) is 5.48. The predicted molar refractivity (Wildman–Crippen MR) is 104 cm³/mol. The number of nitro groups is 1. The van der Waals surface area contributed by atoms with Crippen molar-refractivity contribution >= 4 is 29.0 Å². The number of aryl methyl sites for hydroxylation is 1. The Morgan fingerprint density at radius 1 is 1.41 bits per heavy atom. The zero-order valence-corrected chi connectivity index (χ0v) is 16.4. The van der Waals surface area contributed by atoms with Gasteiger partial charge in [0.05, 0.1) is 47.8 Å². The summed E-state index contributed by atoms with van der Waals surface area (Å²) in [6.07, 6.45) is 3.13. The molecule has 0 saturated carbocycles. The summed E-state index contributed by atoms with van der Waals surface area (Å²) in [5, 5.41) is 21.9. The number of hydrogen-bond donors (Lipinski definition) is 1. The van der Waals surface area contributed by atoms with Gasteiger partial charge in [-0.25, -0.2) is 4.39 Å². The highest BCUT2D eigenvalue weighted by atomic mass is 35.5. The quantitative estimate of drug-likeness (QED) is 0.465. The van der Waals surface area contributed by atoms with Crippen LogP contribution in [-0.4, -0.2) is 30.4 Å². The molecule has 1 N–H and O–H groups in total. The third kappa shape index (κ3) is 4.96. The number of nitrogens with one attached hydrogen (secondary N) is 1. The number of anilines is 1. The highest BCUT2D eigenvalue weighted by Gasteiger charge is 2.21. The Morgan fingerprint density at radius 3 is 2.83 bits per heavy atom. The third-order valence-corrected chi connectivity index (χ3v) is 4.65. The number of benzene rings is 1. The lowest BCUT2D eigenvalue weighted by Gasteiger charge is -2.10. The Balaban J connectivity index is 1.61. The first kappa shape index (κ1) is 20.5. The Hall–Kier alpha value is -3.27. The van der Waals surface area contributed by atoms with Crippen LogP contribution in [0.2, 0.25) is 5.02 Å². The molecule has 0 fully saturated rings. The minimum absolute atomic E-state index is 0.199. The lowest BCUT2D eigenvalue weighted by atomic mass is 10.1. The van der Waals surface area contributed by atoms with Gasteiger partial charge in [-0.2, -0.15) is 9.78 Å². The maximum absolute atomic E-state index is 13.1. The van der Waals surface area contributed by atoms with Gasteiger partial charge in [0.2, 0.25) is 5.91 Å². The maximum atomic E-state index is 13.1. The number of nitrogens with zero attached hydrogens (tertiary/aromatic N) is 5. The molecule has 2 aromatic heterocycles. The molecular weight excluding hydrogens is 403 g/mol. The summed E-state index contributed by atoms with van der Waals surface area (Å²) < 4.78 is 16.1. The van der Waals surface area contributed by atoms with Crippen molar-refractivity contribution in [1.82, 2.24) is 19.6 Å². The summed E-state index contributed by atoms with van der Waals surface area (Å²) in [5.74, 6) is -1.43. The fraction of sp³-hybridized carbons (Fsp3) is 0.278. The topological polar surface area (TPSA) is 108 Å². The van der Waals surface area contributed by atoms with E-state index in [0.29, 0.717) is 28.5 Å². The molecule has 0 aliphatic rings. The first-order valence-corrected chi connectivity index (χ1v) is 9.07. The van der Waals surface area contributed by atoms with Gasteiger partial charge in [0.15, 0.2) is 0 Å². The third-order valence-electron chi connectivity index (χ3n) is 4.30. The van der Waals surface area contributed by atoms with Crippen LogP contribution in [0, 0.1) is 28.8 Å². The van der Waals surface area contributed by atoms with E-state index in [0.717, 1.165) is 0 Å². The molecule has 0 saturated heterocycles. The second kappa shape index (κ2) is 8.39. The number of aromatic nitrogens is 4. The Labute approximate surface area is 170 Å². The van der Waals surface area contributed by atoms with Crippen molar-refractivity contribution in [3.63, 3.8) is 0 Å². The normalized spacial score (nSPS) is 12.0. The lowest BCUT2D eigenvalue weighted by Crippen LogP contribution is -2.25. The van der Waals surface area contributed by atoms with Crippen LogP contribution in [0.15, 0.2) is 36.7 Å². The van der Waals surface area contributed by atoms with Crippen LogP contribution >= 0.6 is 11.6 Å². The van der Waals surface area contributed by atoms with E-state index < -0.39 is 16.7 Å². The predicted octanol–water partition coefficient (Wildman–Crippen LogP) is 3.41. The minimum atomic E-state index is -0.573. The van der Waals surface area contributed by atoms with Crippen LogP contribution in [0.25, 0.3) is 0 Å². The largest absolute Gasteiger partial charge is 0.390 e. The van der Waals surface area contributed by atoms with Crippen molar-refractivity contribution in [2.75, 3.05) is 5.32 Å². The monoisotopic (exact) mass is 420 g/mol. The van der Waals surface area contributed by atoms with E-state index in [1.165, 1.54) is 29.1 Å². The first-order chi connectivity index (χ1) is 13.7. The molecule has 0 radical (unpaired) electrons. The van der Waals surface area contributed by atoms with Gasteiger partial charge < -0.3 is 15.4 Å². The van der Waals surface area contributed by atoms with E-state index >= 15 is 0 Å². The summed E-state index contributed by atoms with van der Waals surface area (Å²) in [5.41, 5.74) is 1.78. The van der Waals surface area contributed by atoms with Gasteiger partial charge in [0.1, 0.15) is 5.82 Å². The molecule has 1 aromatic carbocycles. The number of halogens is 2. The van der Waals surface area contributed by atoms with Crippen LogP contribution in [-0.2, 0) is 17.9 Å². The van der Waals surface area contributed by atoms with Crippen LogP contribution in [0.1, 0.15) is 18.2 Å². The van der Waals surface area contributed by atoms with Crippen molar-refractivity contribution in [3.8, 4) is 0 Å². The Bertz CT molecular complexity index is 1060. The Morgan fingerprint density at radius 2 is 2.17 bits per heavy atom. The molecule has 9 nitrogen and oxygen atoms in total. The van der Waals surface area contributed by atoms with Crippen molar-refractivity contribution in [2.45, 2.75) is 26.9 Å². The van der Waals surface area contributed by atoms with E-state index in [1.807, 2.05) is 0 Å². The maximum Gasteiger partial charge on any atom is 0.390 e. The second-order valence-electron chi connectivity index (χ2n) is 6.64. The van der Waals surface area contributed by atoms with Crippen molar-refractivity contribution in [1.29, 1.82) is 0 Å². The van der Waals surface area contributed by atoms with Crippen LogP contribution in [0.4, 0.5) is 15.9 Å². The number of carbonyl (C=O) groups excluding carboxylic acids is 1. The highest BCUT2D eigenvalue weighted by Crippen LogP contribution is 2.19. The molecule has 152 valence electrons. The molecular formula is C18H18ClFN6O3. The summed E-state index contributed by atoms with van der Waals surface area (Å²) in [6.45, 7) is 3.91. The van der Waals surface area contributed by atoms with Gasteiger partial charge in [-0.3, -0.25) is 9.48 Å². The zero-order chi connectivity index (χ0) is 21.1. The van der Waals surface area contributed by atoms with Crippen molar-refractivity contribution < 1.29 is 14.1 Å². The average molecular weight is 421 g/mol. The molecule has 11 heteroatoms. The average Bonchev–Trinajstić information content (AvgIpc) is 3.24. The second-order valence-corrected chi connectivity index (χ2v) is 7.04. The molecule has 1 atom stereocenters. The van der Waals surface area contributed by atoms with E-state index in [9.17, 15) is 19.3 Å². The number of carbonyl (C=O) groups is 1. The van der Waals surface area contributed by atoms with Gasteiger partial charge in [-0.1, -0.05) is 24.6 Å². The molecule has 2 heterocycles. The molecule has 29 heavy (non-hydrogen) atoms. The highest BCUT2D eigenvalue weighted by molar-refractivity contribution is 6.31. The number of rotatable bonds is 7. The molecule has 0 aliphatic carbocycles. The van der Waals surface area contributed by atoms with Gasteiger partial charge in [-0.05, 0) is 29.5 Å². The summed E-state index contributed by atoms with van der Waals surface area (Å²) in [7, 11) is 0. The fourth-order valence-electron chi connectivity index (χ4n) is 2.71. The van der Waals surface area contributed by atoms with Crippen molar-refractivity contribution in [2.24, 2.45) is 5.92 Å². The zero-order valence-electron chi connectivity index (χ0n) is 15.7. The lowest BCUT2D eigenvalue weighted by molar-refractivity contribution is -0.389. The Kier molecular flexibility index (Phi) is 5.92. The standard InChI is InChI=1S/C18H18ClFN6O3/c1-11(8-25-12(2)5-17(23-25)26(28)29)18(27)22-15-7-21-24(10-15)9-13-3-4-14(20)6-16(13)19/h3-7,10-11H,8-9H2,1-2H3,(H,22,27). The van der Waals surface area contributed by atoms with Gasteiger partial charge in [-0.15, -0.1) is 0 Å². The smallest absolute Gasteiger partial charge is 0.358 e. The molecule has 0 bridgehead atoms. The van der Waals surface area contributed by atoms with E-state index in [2.05, 4.69) is 15.5 Å². The SMILES string of the molecule is Cc1cc([N+](=O)[O-])nn1CC(C)C(=O)Nc1cnn(Cc2ccc(F)cc2Cl)c1. The molecule has 0 spiro atoms. The fourth-order valence-corrected chi connectivity index (χ4v) is 2.94. The first-order valence-electron chi connectivity index (χ1n) is 8.69. The number of hydrogen-bond acceptors (Lipinski definition) is 5. The number of amides is 1. The molecule has 0 aliphatic heterocycles. The minimum Gasteiger partial charge on any atom is -0.358 e. The molecule has 3 aromatic rings. The molecule has 1 amide bonds.